The number of hydrogen-bond acceptors (Lipinski definition) is 5. The van der Waals surface area contributed by atoms with Gasteiger partial charge in [-0.05, 0) is 25.0 Å². The topological polar surface area (TPSA) is 82.0 Å². The highest BCUT2D eigenvalue weighted by Gasteiger charge is 2.12. The minimum Gasteiger partial charge on any atom is -0.325 e. The molecular weight excluding hydrogens is 262 g/mol. The molecule has 0 fully saturated rings. The Morgan fingerprint density at radius 3 is 2.74 bits per heavy atom. The quantitative estimate of drug-likeness (QED) is 0.688. The molecule has 0 aliphatic carbocycles. The van der Waals surface area contributed by atoms with E-state index >= 15 is 0 Å². The molecule has 0 aliphatic rings. The number of rotatable bonds is 4. The number of nitro groups is 1. The molecule has 0 amide bonds. The first-order valence-corrected chi connectivity index (χ1v) is 6.72. The van der Waals surface area contributed by atoms with Gasteiger partial charge < -0.3 is 5.73 Å². The molecule has 0 radical (unpaired) electrons. The van der Waals surface area contributed by atoms with Crippen LogP contribution in [0.1, 0.15) is 26.7 Å². The highest BCUT2D eigenvalue weighted by molar-refractivity contribution is 7.11. The van der Waals surface area contributed by atoms with Crippen molar-refractivity contribution in [1.82, 2.24) is 4.98 Å². The first-order valence-electron chi connectivity index (χ1n) is 5.90. The summed E-state index contributed by atoms with van der Waals surface area (Å²) in [7, 11) is 0. The zero-order valence-electron chi connectivity index (χ0n) is 10.8. The predicted molar refractivity (Wildman–Crippen MR) is 75.4 cm³/mol. The van der Waals surface area contributed by atoms with E-state index in [1.165, 1.54) is 6.07 Å². The van der Waals surface area contributed by atoms with Crippen LogP contribution in [0.15, 0.2) is 18.2 Å². The van der Waals surface area contributed by atoms with Crippen molar-refractivity contribution in [3.05, 3.63) is 55.0 Å². The van der Waals surface area contributed by atoms with Crippen molar-refractivity contribution < 1.29 is 4.92 Å². The van der Waals surface area contributed by atoms with Gasteiger partial charge in [0, 0.05) is 30.0 Å². The fourth-order valence-electron chi connectivity index (χ4n) is 1.87. The van der Waals surface area contributed by atoms with E-state index in [0.29, 0.717) is 13.0 Å². The second-order valence-electron chi connectivity index (χ2n) is 4.36. The Balaban J connectivity index is 2.34. The minimum atomic E-state index is -0.367. The Kier molecular flexibility index (Phi) is 3.92. The first kappa shape index (κ1) is 13.6. The Hall–Kier alpha value is -1.79. The van der Waals surface area contributed by atoms with Crippen LogP contribution in [0.5, 0.6) is 0 Å². The van der Waals surface area contributed by atoms with Gasteiger partial charge in [-0.3, -0.25) is 10.1 Å². The maximum absolute atomic E-state index is 10.8. The number of thiazole rings is 1. The Morgan fingerprint density at radius 1 is 1.42 bits per heavy atom. The predicted octanol–water partition coefficient (Wildman–Crippen LogP) is 2.72. The van der Waals surface area contributed by atoms with E-state index in [1.54, 1.807) is 23.5 Å². The van der Waals surface area contributed by atoms with Gasteiger partial charge in [-0.25, -0.2) is 4.98 Å². The summed E-state index contributed by atoms with van der Waals surface area (Å²) in [5.41, 5.74) is 8.67. The number of aryl methyl sites for hydroxylation is 2. The number of hydrogen-bond donors (Lipinski definition) is 1. The monoisotopic (exact) mass is 277 g/mol. The molecule has 5 nitrogen and oxygen atoms in total. The van der Waals surface area contributed by atoms with Crippen molar-refractivity contribution in [3.8, 4) is 0 Å². The zero-order valence-corrected chi connectivity index (χ0v) is 11.7. The summed E-state index contributed by atoms with van der Waals surface area (Å²) in [6.07, 6.45) is 0.664. The van der Waals surface area contributed by atoms with Gasteiger partial charge in [-0.2, -0.15) is 0 Å². The molecule has 0 bridgehead atoms. The summed E-state index contributed by atoms with van der Waals surface area (Å²) >= 11 is 1.57. The van der Waals surface area contributed by atoms with Crippen molar-refractivity contribution in [2.24, 2.45) is 5.73 Å². The van der Waals surface area contributed by atoms with Crippen LogP contribution in [0.4, 0.5) is 5.69 Å². The number of nitrogens with zero attached hydrogens (tertiary/aromatic N) is 2. The van der Waals surface area contributed by atoms with Gasteiger partial charge in [-0.1, -0.05) is 6.07 Å². The van der Waals surface area contributed by atoms with Gasteiger partial charge in [0.15, 0.2) is 0 Å². The van der Waals surface area contributed by atoms with Crippen LogP contribution in [0.2, 0.25) is 0 Å². The van der Waals surface area contributed by atoms with Gasteiger partial charge in [0.1, 0.15) is 5.01 Å². The zero-order chi connectivity index (χ0) is 14.0. The molecule has 2 N–H and O–H groups in total. The van der Waals surface area contributed by atoms with Crippen molar-refractivity contribution in [2.75, 3.05) is 0 Å². The van der Waals surface area contributed by atoms with Crippen LogP contribution in [-0.2, 0) is 13.0 Å². The fraction of sp³-hybridized carbons (Fsp3) is 0.308. The fourth-order valence-corrected chi connectivity index (χ4v) is 2.85. The maximum atomic E-state index is 10.8. The number of benzene rings is 1. The van der Waals surface area contributed by atoms with E-state index in [0.717, 1.165) is 26.7 Å². The average Bonchev–Trinajstić information content (AvgIpc) is 2.72. The van der Waals surface area contributed by atoms with Crippen molar-refractivity contribution in [3.63, 3.8) is 0 Å². The van der Waals surface area contributed by atoms with E-state index in [2.05, 4.69) is 4.98 Å². The molecule has 1 aromatic carbocycles. The molecular formula is C13H15N3O2S. The summed E-state index contributed by atoms with van der Waals surface area (Å²) in [5.74, 6) is 0. The lowest BCUT2D eigenvalue weighted by Crippen LogP contribution is -1.95. The van der Waals surface area contributed by atoms with E-state index in [4.69, 9.17) is 5.73 Å². The van der Waals surface area contributed by atoms with Crippen LogP contribution < -0.4 is 5.73 Å². The molecule has 100 valence electrons. The lowest BCUT2D eigenvalue weighted by molar-refractivity contribution is -0.384. The third-order valence-corrected chi connectivity index (χ3v) is 4.19. The third kappa shape index (κ3) is 2.97. The summed E-state index contributed by atoms with van der Waals surface area (Å²) in [6.45, 7) is 4.33. The average molecular weight is 277 g/mol. The Bertz CT molecular complexity index is 622. The van der Waals surface area contributed by atoms with Gasteiger partial charge in [0.25, 0.3) is 5.69 Å². The summed E-state index contributed by atoms with van der Waals surface area (Å²) < 4.78 is 0. The Morgan fingerprint density at radius 2 is 2.16 bits per heavy atom. The molecule has 6 heteroatoms. The summed E-state index contributed by atoms with van der Waals surface area (Å²) in [4.78, 5) is 15.9. The van der Waals surface area contributed by atoms with E-state index in [9.17, 15) is 10.1 Å². The van der Waals surface area contributed by atoms with Crippen molar-refractivity contribution >= 4 is 17.0 Å². The van der Waals surface area contributed by atoms with Crippen molar-refractivity contribution in [1.29, 1.82) is 0 Å². The standard InChI is InChI=1S/C13H15N3O2S/c1-8-3-4-11(16(17)18)5-10(8)6-12-9(2)15-13(7-14)19-12/h3-5H,6-7,14H2,1-2H3. The Labute approximate surface area is 115 Å². The first-order chi connectivity index (χ1) is 9.01. The smallest absolute Gasteiger partial charge is 0.269 e. The third-order valence-electron chi connectivity index (χ3n) is 3.01. The largest absolute Gasteiger partial charge is 0.325 e. The highest BCUT2D eigenvalue weighted by atomic mass is 32.1. The molecule has 2 aromatic rings. The van der Waals surface area contributed by atoms with Crippen molar-refractivity contribution in [2.45, 2.75) is 26.8 Å². The van der Waals surface area contributed by atoms with Crippen LogP contribution in [0, 0.1) is 24.0 Å². The molecule has 0 spiro atoms. The van der Waals surface area contributed by atoms with E-state index in [-0.39, 0.29) is 10.6 Å². The molecule has 1 aromatic heterocycles. The van der Waals surface area contributed by atoms with E-state index in [1.807, 2.05) is 13.8 Å². The van der Waals surface area contributed by atoms with Crippen LogP contribution >= 0.6 is 11.3 Å². The van der Waals surface area contributed by atoms with Crippen LogP contribution in [0.25, 0.3) is 0 Å². The summed E-state index contributed by atoms with van der Waals surface area (Å²) in [5, 5.41) is 11.7. The maximum Gasteiger partial charge on any atom is 0.269 e. The number of nitrogens with two attached hydrogens (primary N) is 1. The molecule has 19 heavy (non-hydrogen) atoms. The van der Waals surface area contributed by atoms with Crippen LogP contribution in [0.3, 0.4) is 0 Å². The number of aromatic nitrogens is 1. The second kappa shape index (κ2) is 5.46. The highest BCUT2D eigenvalue weighted by Crippen LogP contribution is 2.25. The second-order valence-corrected chi connectivity index (χ2v) is 5.53. The molecule has 2 rings (SSSR count). The molecule has 0 unspecified atom stereocenters. The number of non-ortho nitro benzene ring substituents is 1. The SMILES string of the molecule is Cc1ccc([N+](=O)[O-])cc1Cc1sc(CN)nc1C. The lowest BCUT2D eigenvalue weighted by Gasteiger charge is -2.04. The van der Waals surface area contributed by atoms with Gasteiger partial charge in [0.2, 0.25) is 0 Å². The minimum absolute atomic E-state index is 0.127. The van der Waals surface area contributed by atoms with Gasteiger partial charge in [-0.15, -0.1) is 11.3 Å². The lowest BCUT2D eigenvalue weighted by atomic mass is 10.0. The molecule has 0 aliphatic heterocycles. The van der Waals surface area contributed by atoms with Crippen LogP contribution in [-0.4, -0.2) is 9.91 Å². The molecule has 1 heterocycles. The van der Waals surface area contributed by atoms with Gasteiger partial charge in [0.05, 0.1) is 10.6 Å². The molecule has 0 atom stereocenters. The molecule has 0 saturated carbocycles. The van der Waals surface area contributed by atoms with E-state index < -0.39 is 0 Å². The molecule has 0 saturated heterocycles. The normalized spacial score (nSPS) is 10.7. The summed E-state index contributed by atoms with van der Waals surface area (Å²) in [6, 6.07) is 4.95. The van der Waals surface area contributed by atoms with Gasteiger partial charge >= 0.3 is 0 Å². The number of nitro benzene ring substituents is 1.